The summed E-state index contributed by atoms with van der Waals surface area (Å²) in [6, 6.07) is 19.2. The Hall–Kier alpha value is -2.33. The van der Waals surface area contributed by atoms with Crippen LogP contribution in [0.25, 0.3) is 0 Å². The van der Waals surface area contributed by atoms with Crippen LogP contribution in [0.5, 0.6) is 0 Å². The first-order valence-electron chi connectivity index (χ1n) is 10.3. The van der Waals surface area contributed by atoms with Crippen LogP contribution in [0.2, 0.25) is 0 Å². The molecule has 1 fully saturated rings. The van der Waals surface area contributed by atoms with Crippen LogP contribution >= 0.6 is 0 Å². The van der Waals surface area contributed by atoms with Crippen molar-refractivity contribution in [3.05, 3.63) is 71.3 Å². The molecular formula is C24H33N3O. The molecule has 0 bridgehead atoms. The second-order valence-corrected chi connectivity index (χ2v) is 8.56. The molecule has 1 heterocycles. The molecule has 2 amide bonds. The molecule has 1 aliphatic heterocycles. The van der Waals surface area contributed by atoms with E-state index in [0.717, 1.165) is 32.5 Å². The third-order valence-corrected chi connectivity index (χ3v) is 5.74. The zero-order valence-corrected chi connectivity index (χ0v) is 17.4. The number of rotatable bonds is 6. The summed E-state index contributed by atoms with van der Waals surface area (Å²) in [6.45, 7) is 10.1. The van der Waals surface area contributed by atoms with Crippen LogP contribution in [-0.2, 0) is 12.0 Å². The van der Waals surface area contributed by atoms with E-state index in [1.54, 1.807) is 0 Å². The monoisotopic (exact) mass is 379 g/mol. The predicted molar refractivity (Wildman–Crippen MR) is 115 cm³/mol. The molecule has 2 aromatic carbocycles. The zero-order chi connectivity index (χ0) is 20.0. The van der Waals surface area contributed by atoms with Gasteiger partial charge in [-0.25, -0.2) is 4.79 Å². The van der Waals surface area contributed by atoms with Crippen molar-refractivity contribution in [3.63, 3.8) is 0 Å². The second kappa shape index (κ2) is 9.24. The number of nitrogens with one attached hydrogen (secondary N) is 2. The molecule has 1 aliphatic rings. The van der Waals surface area contributed by atoms with Crippen molar-refractivity contribution in [3.8, 4) is 0 Å². The zero-order valence-electron chi connectivity index (χ0n) is 17.4. The number of carbonyl (C=O) groups is 1. The average molecular weight is 380 g/mol. The summed E-state index contributed by atoms with van der Waals surface area (Å²) in [5.74, 6) is 0. The van der Waals surface area contributed by atoms with E-state index in [2.05, 4.69) is 90.9 Å². The number of aryl methyl sites for hydroxylation is 1. The highest BCUT2D eigenvalue weighted by atomic mass is 16.2. The van der Waals surface area contributed by atoms with Gasteiger partial charge in [0.1, 0.15) is 0 Å². The molecule has 2 N–H and O–H groups in total. The summed E-state index contributed by atoms with van der Waals surface area (Å²) in [6.07, 6.45) is 2.00. The number of nitrogens with zero attached hydrogens (tertiary/aromatic N) is 1. The van der Waals surface area contributed by atoms with E-state index in [1.807, 2.05) is 0 Å². The third-order valence-electron chi connectivity index (χ3n) is 5.74. The van der Waals surface area contributed by atoms with Crippen LogP contribution in [-0.4, -0.2) is 36.6 Å². The maximum absolute atomic E-state index is 12.4. The van der Waals surface area contributed by atoms with E-state index in [4.69, 9.17) is 0 Å². The summed E-state index contributed by atoms with van der Waals surface area (Å²) >= 11 is 0. The fourth-order valence-electron chi connectivity index (χ4n) is 4.04. The van der Waals surface area contributed by atoms with Gasteiger partial charge >= 0.3 is 6.03 Å². The Labute approximate surface area is 169 Å². The van der Waals surface area contributed by atoms with E-state index < -0.39 is 0 Å². The number of carbonyl (C=O) groups excluding carboxylic acids is 1. The highest BCUT2D eigenvalue weighted by Gasteiger charge is 2.24. The minimum Gasteiger partial charge on any atom is -0.337 e. The second-order valence-electron chi connectivity index (χ2n) is 8.56. The number of amides is 2. The quantitative estimate of drug-likeness (QED) is 0.789. The van der Waals surface area contributed by atoms with Crippen molar-refractivity contribution in [2.75, 3.05) is 19.6 Å². The summed E-state index contributed by atoms with van der Waals surface area (Å²) in [7, 11) is 0. The largest absolute Gasteiger partial charge is 0.337 e. The highest BCUT2D eigenvalue weighted by molar-refractivity contribution is 5.74. The van der Waals surface area contributed by atoms with E-state index >= 15 is 0 Å². The van der Waals surface area contributed by atoms with Gasteiger partial charge in [-0.3, -0.25) is 4.90 Å². The smallest absolute Gasteiger partial charge is 0.315 e. The van der Waals surface area contributed by atoms with Gasteiger partial charge in [-0.05, 0) is 36.5 Å². The molecule has 4 nitrogen and oxygen atoms in total. The number of likely N-dealkylation sites (tertiary alicyclic amines) is 1. The normalized spacial score (nSPS) is 16.0. The molecular weight excluding hydrogens is 346 g/mol. The number of piperidine rings is 1. The van der Waals surface area contributed by atoms with Crippen molar-refractivity contribution in [1.82, 2.24) is 15.5 Å². The maximum atomic E-state index is 12.4. The van der Waals surface area contributed by atoms with Crippen molar-refractivity contribution in [2.24, 2.45) is 0 Å². The molecule has 0 unspecified atom stereocenters. The number of benzene rings is 2. The average Bonchev–Trinajstić information content (AvgIpc) is 2.69. The van der Waals surface area contributed by atoms with Gasteiger partial charge in [-0.1, -0.05) is 68.4 Å². The van der Waals surface area contributed by atoms with Gasteiger partial charge in [-0.2, -0.15) is 0 Å². The van der Waals surface area contributed by atoms with E-state index in [1.165, 1.54) is 16.7 Å². The molecule has 4 heteroatoms. The topological polar surface area (TPSA) is 44.4 Å². The van der Waals surface area contributed by atoms with Crippen LogP contribution in [0.1, 0.15) is 43.4 Å². The molecule has 0 aromatic heterocycles. The first-order chi connectivity index (χ1) is 13.4. The van der Waals surface area contributed by atoms with Gasteiger partial charge < -0.3 is 10.6 Å². The first kappa shape index (κ1) is 20.4. The lowest BCUT2D eigenvalue weighted by molar-refractivity contribution is 0.186. The molecule has 0 atom stereocenters. The van der Waals surface area contributed by atoms with Gasteiger partial charge in [0.15, 0.2) is 0 Å². The lowest BCUT2D eigenvalue weighted by Crippen LogP contribution is -2.49. The number of urea groups is 1. The Bertz CT molecular complexity index is 764. The summed E-state index contributed by atoms with van der Waals surface area (Å²) in [5, 5.41) is 6.25. The van der Waals surface area contributed by atoms with Crippen molar-refractivity contribution >= 4 is 6.03 Å². The fourth-order valence-corrected chi connectivity index (χ4v) is 4.04. The lowest BCUT2D eigenvalue weighted by Gasteiger charge is -2.33. The third kappa shape index (κ3) is 5.59. The molecule has 2 aromatic rings. The summed E-state index contributed by atoms with van der Waals surface area (Å²) < 4.78 is 0. The SMILES string of the molecule is Cc1ccccc1C(C)(C)CNC(=O)NC1CCN(Cc2ccccc2)CC1. The van der Waals surface area contributed by atoms with Crippen LogP contribution in [0, 0.1) is 6.92 Å². The lowest BCUT2D eigenvalue weighted by atomic mass is 9.82. The van der Waals surface area contributed by atoms with Crippen LogP contribution in [0.15, 0.2) is 54.6 Å². The maximum Gasteiger partial charge on any atom is 0.315 e. The molecule has 0 radical (unpaired) electrons. The fraction of sp³-hybridized carbons (Fsp3) is 0.458. The van der Waals surface area contributed by atoms with Crippen molar-refractivity contribution in [2.45, 2.75) is 51.6 Å². The van der Waals surface area contributed by atoms with Crippen LogP contribution < -0.4 is 10.6 Å². The van der Waals surface area contributed by atoms with E-state index in [0.29, 0.717) is 6.54 Å². The van der Waals surface area contributed by atoms with E-state index in [-0.39, 0.29) is 17.5 Å². The molecule has 1 saturated heterocycles. The van der Waals surface area contributed by atoms with Crippen molar-refractivity contribution in [1.29, 1.82) is 0 Å². The van der Waals surface area contributed by atoms with Crippen molar-refractivity contribution < 1.29 is 4.79 Å². The standard InChI is InChI=1S/C24H33N3O/c1-19-9-7-8-12-22(19)24(2,3)18-25-23(28)26-21-13-15-27(16-14-21)17-20-10-5-4-6-11-20/h4-12,21H,13-18H2,1-3H3,(H2,25,26,28). The Morgan fingerprint density at radius 3 is 2.36 bits per heavy atom. The van der Waals surface area contributed by atoms with Crippen LogP contribution in [0.4, 0.5) is 4.79 Å². The minimum absolute atomic E-state index is 0.0526. The van der Waals surface area contributed by atoms with Gasteiger partial charge in [0, 0.05) is 37.6 Å². The van der Waals surface area contributed by atoms with Gasteiger partial charge in [0.25, 0.3) is 0 Å². The Morgan fingerprint density at radius 2 is 1.68 bits per heavy atom. The molecule has 0 saturated carbocycles. The number of hydrogen-bond acceptors (Lipinski definition) is 2. The Kier molecular flexibility index (Phi) is 6.74. The number of hydrogen-bond donors (Lipinski definition) is 2. The summed E-state index contributed by atoms with van der Waals surface area (Å²) in [5.41, 5.74) is 3.80. The van der Waals surface area contributed by atoms with Gasteiger partial charge in [0.2, 0.25) is 0 Å². The molecule has 28 heavy (non-hydrogen) atoms. The van der Waals surface area contributed by atoms with Gasteiger partial charge in [-0.15, -0.1) is 0 Å². The Morgan fingerprint density at radius 1 is 1.04 bits per heavy atom. The molecule has 0 spiro atoms. The molecule has 0 aliphatic carbocycles. The predicted octanol–water partition coefficient (Wildman–Crippen LogP) is 4.24. The first-order valence-corrected chi connectivity index (χ1v) is 10.3. The van der Waals surface area contributed by atoms with E-state index in [9.17, 15) is 4.79 Å². The highest BCUT2D eigenvalue weighted by Crippen LogP contribution is 2.25. The molecule has 3 rings (SSSR count). The summed E-state index contributed by atoms with van der Waals surface area (Å²) in [4.78, 5) is 14.9. The van der Waals surface area contributed by atoms with Crippen LogP contribution in [0.3, 0.4) is 0 Å². The molecule has 150 valence electrons. The Balaban J connectivity index is 1.42. The van der Waals surface area contributed by atoms with Gasteiger partial charge in [0.05, 0.1) is 0 Å². The minimum atomic E-state index is -0.0955.